The predicted molar refractivity (Wildman–Crippen MR) is 74.4 cm³/mol. The van der Waals surface area contributed by atoms with Gasteiger partial charge >= 0.3 is 6.09 Å². The topological polar surface area (TPSA) is 65.5 Å². The van der Waals surface area contributed by atoms with E-state index in [-0.39, 0.29) is 0 Å². The van der Waals surface area contributed by atoms with E-state index in [1.807, 2.05) is 42.3 Å². The number of amides is 1. The highest BCUT2D eigenvalue weighted by molar-refractivity contribution is 5.87. The second-order valence-electron chi connectivity index (χ2n) is 4.15. The van der Waals surface area contributed by atoms with Crippen molar-refractivity contribution in [1.29, 1.82) is 0 Å². The van der Waals surface area contributed by atoms with Gasteiger partial charge in [-0.25, -0.2) is 9.78 Å². The first kappa shape index (κ1) is 12.9. The number of hydrogen-bond acceptors (Lipinski definition) is 3. The maximum atomic E-state index is 10.7. The summed E-state index contributed by atoms with van der Waals surface area (Å²) in [6, 6.07) is 13.3. The zero-order chi connectivity index (χ0) is 13.7. The zero-order valence-electron chi connectivity index (χ0n) is 10.6. The minimum absolute atomic E-state index is 0.480. The van der Waals surface area contributed by atoms with E-state index in [9.17, 15) is 4.79 Å². The number of anilines is 2. The highest BCUT2D eigenvalue weighted by Gasteiger charge is 2.10. The Kier molecular flexibility index (Phi) is 3.97. The molecule has 0 aliphatic heterocycles. The van der Waals surface area contributed by atoms with E-state index >= 15 is 0 Å². The Morgan fingerprint density at radius 3 is 2.68 bits per heavy atom. The minimum Gasteiger partial charge on any atom is -0.465 e. The molecular weight excluding hydrogens is 242 g/mol. The molecule has 98 valence electrons. The van der Waals surface area contributed by atoms with Gasteiger partial charge in [0.2, 0.25) is 0 Å². The molecule has 0 spiro atoms. The molecule has 2 N–H and O–H groups in total. The van der Waals surface area contributed by atoms with Gasteiger partial charge in [-0.2, -0.15) is 0 Å². The van der Waals surface area contributed by atoms with Crippen LogP contribution in [0.4, 0.5) is 16.3 Å². The van der Waals surface area contributed by atoms with Gasteiger partial charge in [0.1, 0.15) is 0 Å². The lowest BCUT2D eigenvalue weighted by molar-refractivity contribution is 0.209. The number of rotatable bonds is 4. The van der Waals surface area contributed by atoms with Crippen molar-refractivity contribution in [3.8, 4) is 0 Å². The summed E-state index contributed by atoms with van der Waals surface area (Å²) < 4.78 is 0. The van der Waals surface area contributed by atoms with Gasteiger partial charge in [0.05, 0.1) is 5.69 Å². The van der Waals surface area contributed by atoms with Crippen LogP contribution in [-0.4, -0.2) is 23.2 Å². The number of pyridine rings is 1. The first-order valence-electron chi connectivity index (χ1n) is 5.87. The molecule has 5 nitrogen and oxygen atoms in total. The Balaban J connectivity index is 2.19. The van der Waals surface area contributed by atoms with Crippen molar-refractivity contribution in [2.75, 3.05) is 17.3 Å². The van der Waals surface area contributed by atoms with Gasteiger partial charge in [-0.1, -0.05) is 30.3 Å². The molecule has 1 heterocycles. The second kappa shape index (κ2) is 5.86. The summed E-state index contributed by atoms with van der Waals surface area (Å²) in [6.45, 7) is 0.659. The van der Waals surface area contributed by atoms with E-state index in [0.29, 0.717) is 18.1 Å². The van der Waals surface area contributed by atoms with Crippen LogP contribution in [0, 0.1) is 0 Å². The number of nitrogens with zero attached hydrogens (tertiary/aromatic N) is 2. The number of aromatic nitrogens is 1. The first-order valence-corrected chi connectivity index (χ1v) is 5.87. The smallest absolute Gasteiger partial charge is 0.409 e. The van der Waals surface area contributed by atoms with E-state index in [1.165, 1.54) is 0 Å². The molecule has 2 aromatic rings. The van der Waals surface area contributed by atoms with E-state index in [4.69, 9.17) is 5.11 Å². The summed E-state index contributed by atoms with van der Waals surface area (Å²) in [5.41, 5.74) is 1.62. The van der Waals surface area contributed by atoms with E-state index in [0.717, 1.165) is 5.56 Å². The summed E-state index contributed by atoms with van der Waals surface area (Å²) in [6.07, 6.45) is 0.548. The normalized spacial score (nSPS) is 9.95. The molecule has 0 atom stereocenters. The molecule has 0 saturated carbocycles. The third-order valence-corrected chi connectivity index (χ3v) is 2.65. The molecule has 1 aromatic carbocycles. The van der Waals surface area contributed by atoms with E-state index in [1.54, 1.807) is 18.3 Å². The fourth-order valence-electron chi connectivity index (χ4n) is 1.85. The van der Waals surface area contributed by atoms with Gasteiger partial charge in [0, 0.05) is 19.8 Å². The monoisotopic (exact) mass is 257 g/mol. The van der Waals surface area contributed by atoms with Crippen LogP contribution in [0.15, 0.2) is 48.7 Å². The van der Waals surface area contributed by atoms with Gasteiger partial charge < -0.3 is 10.0 Å². The van der Waals surface area contributed by atoms with Crippen molar-refractivity contribution < 1.29 is 9.90 Å². The van der Waals surface area contributed by atoms with E-state index in [2.05, 4.69) is 10.3 Å². The van der Waals surface area contributed by atoms with Crippen LogP contribution in [0.3, 0.4) is 0 Å². The van der Waals surface area contributed by atoms with Crippen LogP contribution >= 0.6 is 0 Å². The highest BCUT2D eigenvalue weighted by atomic mass is 16.4. The van der Waals surface area contributed by atoms with Gasteiger partial charge in [-0.05, 0) is 17.7 Å². The average Bonchev–Trinajstić information content (AvgIpc) is 2.39. The molecule has 1 amide bonds. The quantitative estimate of drug-likeness (QED) is 0.884. The van der Waals surface area contributed by atoms with Crippen molar-refractivity contribution in [2.45, 2.75) is 6.54 Å². The Hall–Kier alpha value is -2.56. The Morgan fingerprint density at radius 1 is 1.26 bits per heavy atom. The second-order valence-corrected chi connectivity index (χ2v) is 4.15. The van der Waals surface area contributed by atoms with Gasteiger partial charge in [0.15, 0.2) is 5.82 Å². The third kappa shape index (κ3) is 3.45. The lowest BCUT2D eigenvalue weighted by atomic mass is 10.2. The lowest BCUT2D eigenvalue weighted by Crippen LogP contribution is -2.20. The molecule has 0 saturated heterocycles. The van der Waals surface area contributed by atoms with Crippen molar-refractivity contribution in [2.24, 2.45) is 0 Å². The highest BCUT2D eigenvalue weighted by Crippen LogP contribution is 2.22. The number of carboxylic acid groups (broad SMARTS) is 1. The molecule has 0 bridgehead atoms. The maximum absolute atomic E-state index is 10.7. The van der Waals surface area contributed by atoms with Crippen LogP contribution in [0.2, 0.25) is 0 Å². The molecule has 0 aliphatic carbocycles. The molecule has 0 fully saturated rings. The number of benzene rings is 1. The van der Waals surface area contributed by atoms with Gasteiger partial charge in [-0.3, -0.25) is 5.32 Å². The predicted octanol–water partition coefficient (Wildman–Crippen LogP) is 2.81. The zero-order valence-corrected chi connectivity index (χ0v) is 10.6. The maximum Gasteiger partial charge on any atom is 0.409 e. The molecule has 19 heavy (non-hydrogen) atoms. The number of nitrogens with one attached hydrogen (secondary N) is 1. The van der Waals surface area contributed by atoms with Crippen LogP contribution in [0.1, 0.15) is 5.56 Å². The van der Waals surface area contributed by atoms with E-state index < -0.39 is 6.09 Å². The van der Waals surface area contributed by atoms with Crippen LogP contribution in [0.25, 0.3) is 0 Å². The summed E-state index contributed by atoms with van der Waals surface area (Å²) in [7, 11) is 1.88. The summed E-state index contributed by atoms with van der Waals surface area (Å²) in [5, 5.41) is 11.2. The lowest BCUT2D eigenvalue weighted by Gasteiger charge is -2.20. The standard InChI is InChI=1S/C14H15N3O2/c1-17(10-11-6-3-2-4-7-11)13-12(16-14(18)19)8-5-9-15-13/h2-9,16H,10H2,1H3,(H,18,19). The molecule has 5 heteroatoms. The minimum atomic E-state index is -1.10. The van der Waals surface area contributed by atoms with Crippen LogP contribution in [0.5, 0.6) is 0 Å². The summed E-state index contributed by atoms with van der Waals surface area (Å²) in [4.78, 5) is 16.9. The third-order valence-electron chi connectivity index (χ3n) is 2.65. The summed E-state index contributed by atoms with van der Waals surface area (Å²) in [5.74, 6) is 0.605. The molecule has 2 rings (SSSR count). The SMILES string of the molecule is CN(Cc1ccccc1)c1ncccc1NC(=O)O. The molecule has 0 aliphatic rings. The van der Waals surface area contributed by atoms with Gasteiger partial charge in [0.25, 0.3) is 0 Å². The Morgan fingerprint density at radius 2 is 2.00 bits per heavy atom. The van der Waals surface area contributed by atoms with Gasteiger partial charge in [-0.15, -0.1) is 0 Å². The van der Waals surface area contributed by atoms with Crippen LogP contribution in [-0.2, 0) is 6.54 Å². The van der Waals surface area contributed by atoms with Crippen molar-refractivity contribution >= 4 is 17.6 Å². The number of hydrogen-bond donors (Lipinski definition) is 2. The Labute approximate surface area is 111 Å². The summed E-state index contributed by atoms with van der Waals surface area (Å²) >= 11 is 0. The fraction of sp³-hybridized carbons (Fsp3) is 0.143. The fourth-order valence-corrected chi connectivity index (χ4v) is 1.85. The van der Waals surface area contributed by atoms with Crippen LogP contribution < -0.4 is 10.2 Å². The number of carbonyl (C=O) groups is 1. The molecule has 1 aromatic heterocycles. The molecule has 0 unspecified atom stereocenters. The van der Waals surface area contributed by atoms with Crippen molar-refractivity contribution in [1.82, 2.24) is 4.98 Å². The Bertz CT molecular complexity index is 558. The first-order chi connectivity index (χ1) is 9.16. The van der Waals surface area contributed by atoms with Crippen molar-refractivity contribution in [3.63, 3.8) is 0 Å². The average molecular weight is 257 g/mol. The van der Waals surface area contributed by atoms with Crippen molar-refractivity contribution in [3.05, 3.63) is 54.2 Å². The largest absolute Gasteiger partial charge is 0.465 e. The molecule has 0 radical (unpaired) electrons. The molecular formula is C14H15N3O2.